The molecule has 0 unspecified atom stereocenters. The Balaban J connectivity index is 1.75. The van der Waals surface area contributed by atoms with Gasteiger partial charge in [0.1, 0.15) is 0 Å². The molecule has 0 aliphatic heterocycles. The number of nitrogens with zero attached hydrogens (tertiary/aromatic N) is 2. The Morgan fingerprint density at radius 1 is 1.29 bits per heavy atom. The highest BCUT2D eigenvalue weighted by atomic mass is 35.5. The molecule has 5 nitrogen and oxygen atoms in total. The molecule has 7 heteroatoms. The van der Waals surface area contributed by atoms with Crippen LogP contribution in [0.2, 0.25) is 10.0 Å². The average molecular weight is 327 g/mol. The van der Waals surface area contributed by atoms with Crippen LogP contribution >= 0.6 is 23.2 Å². The van der Waals surface area contributed by atoms with Crippen molar-refractivity contribution < 1.29 is 4.79 Å². The lowest BCUT2D eigenvalue weighted by Crippen LogP contribution is -2.29. The lowest BCUT2D eigenvalue weighted by atomic mass is 10.3. The first-order chi connectivity index (χ1) is 10.1. The number of nitrogens with one attached hydrogen (secondary N) is 2. The highest BCUT2D eigenvalue weighted by Gasteiger charge is 2.09. The third-order valence-corrected chi connectivity index (χ3v) is 3.47. The van der Waals surface area contributed by atoms with Crippen LogP contribution in [0.4, 0.5) is 5.69 Å². The Hall–Kier alpha value is -1.56. The number of hydrogen-bond acceptors (Lipinski definition) is 3. The molecule has 0 spiro atoms. The van der Waals surface area contributed by atoms with Crippen LogP contribution in [0.25, 0.3) is 0 Å². The molecule has 2 aromatic rings. The summed E-state index contributed by atoms with van der Waals surface area (Å²) in [6.07, 6.45) is 2.66. The van der Waals surface area contributed by atoms with Gasteiger partial charge >= 0.3 is 0 Å². The van der Waals surface area contributed by atoms with Crippen molar-refractivity contribution in [3.05, 3.63) is 46.2 Å². The number of carbonyl (C=O) groups excluding carboxylic acids is 1. The standard InChI is InChI=1S/C14H16Cl2N4O/c1-20-8-6-10(19-20)5-7-17-9-13(21)18-14-11(15)3-2-4-12(14)16/h2-4,6,8,17H,5,7,9H2,1H3,(H,18,21). The third-order valence-electron chi connectivity index (χ3n) is 2.84. The largest absolute Gasteiger partial charge is 0.322 e. The molecule has 1 aromatic heterocycles. The first kappa shape index (κ1) is 15.8. The average Bonchev–Trinajstić information content (AvgIpc) is 2.85. The van der Waals surface area contributed by atoms with Gasteiger partial charge in [-0.25, -0.2) is 0 Å². The van der Waals surface area contributed by atoms with E-state index in [1.807, 2.05) is 19.3 Å². The van der Waals surface area contributed by atoms with Crippen LogP contribution < -0.4 is 10.6 Å². The maximum absolute atomic E-state index is 11.8. The van der Waals surface area contributed by atoms with E-state index in [4.69, 9.17) is 23.2 Å². The van der Waals surface area contributed by atoms with Crippen LogP contribution in [-0.4, -0.2) is 28.8 Å². The van der Waals surface area contributed by atoms with Gasteiger partial charge in [0.25, 0.3) is 0 Å². The fourth-order valence-electron chi connectivity index (χ4n) is 1.82. The number of aryl methyl sites for hydroxylation is 1. The predicted molar refractivity (Wildman–Crippen MR) is 84.9 cm³/mol. The molecule has 0 fully saturated rings. The maximum Gasteiger partial charge on any atom is 0.238 e. The molecule has 0 aliphatic carbocycles. The number of anilines is 1. The van der Waals surface area contributed by atoms with Gasteiger partial charge in [-0.1, -0.05) is 29.3 Å². The van der Waals surface area contributed by atoms with Gasteiger partial charge in [-0.15, -0.1) is 0 Å². The van der Waals surface area contributed by atoms with Crippen LogP contribution in [0.15, 0.2) is 30.5 Å². The van der Waals surface area contributed by atoms with Gasteiger partial charge < -0.3 is 10.6 Å². The summed E-state index contributed by atoms with van der Waals surface area (Å²) >= 11 is 12.0. The minimum atomic E-state index is -0.189. The second kappa shape index (κ2) is 7.45. The summed E-state index contributed by atoms with van der Waals surface area (Å²) in [5, 5.41) is 10.9. The number of carbonyl (C=O) groups is 1. The number of amides is 1. The number of hydrogen-bond donors (Lipinski definition) is 2. The van der Waals surface area contributed by atoms with E-state index in [1.54, 1.807) is 22.9 Å². The Morgan fingerprint density at radius 2 is 2.00 bits per heavy atom. The van der Waals surface area contributed by atoms with Crippen molar-refractivity contribution in [3.63, 3.8) is 0 Å². The highest BCUT2D eigenvalue weighted by Crippen LogP contribution is 2.29. The van der Waals surface area contributed by atoms with Gasteiger partial charge in [0.2, 0.25) is 5.91 Å². The summed E-state index contributed by atoms with van der Waals surface area (Å²) in [5.41, 5.74) is 1.43. The van der Waals surface area contributed by atoms with Crippen LogP contribution in [0.1, 0.15) is 5.69 Å². The summed E-state index contributed by atoms with van der Waals surface area (Å²) < 4.78 is 1.75. The second-order valence-electron chi connectivity index (χ2n) is 4.55. The molecule has 0 saturated heterocycles. The zero-order chi connectivity index (χ0) is 15.2. The molecule has 112 valence electrons. The Kier molecular flexibility index (Phi) is 5.61. The van der Waals surface area contributed by atoms with E-state index in [0.717, 1.165) is 12.1 Å². The predicted octanol–water partition coefficient (Wildman–Crippen LogP) is 2.50. The van der Waals surface area contributed by atoms with Crippen LogP contribution in [-0.2, 0) is 18.3 Å². The molecule has 0 aliphatic rings. The van der Waals surface area contributed by atoms with Crippen molar-refractivity contribution in [2.75, 3.05) is 18.4 Å². The zero-order valence-corrected chi connectivity index (χ0v) is 13.1. The zero-order valence-electron chi connectivity index (χ0n) is 11.6. The first-order valence-corrected chi connectivity index (χ1v) is 7.25. The molecule has 1 aromatic carbocycles. The minimum Gasteiger partial charge on any atom is -0.322 e. The Bertz CT molecular complexity index is 607. The summed E-state index contributed by atoms with van der Waals surface area (Å²) in [6.45, 7) is 0.856. The molecule has 0 radical (unpaired) electrons. The van der Waals surface area contributed by atoms with E-state index in [-0.39, 0.29) is 12.5 Å². The van der Waals surface area contributed by atoms with E-state index < -0.39 is 0 Å². The molecule has 0 bridgehead atoms. The summed E-state index contributed by atoms with van der Waals surface area (Å²) in [6, 6.07) is 7.03. The number of halogens is 2. The number of aromatic nitrogens is 2. The van der Waals surface area contributed by atoms with Crippen LogP contribution in [0.3, 0.4) is 0 Å². The van der Waals surface area contributed by atoms with Crippen LogP contribution in [0, 0.1) is 0 Å². The molecule has 1 amide bonds. The quantitative estimate of drug-likeness (QED) is 0.802. The minimum absolute atomic E-state index is 0.189. The Morgan fingerprint density at radius 3 is 2.62 bits per heavy atom. The Labute approximate surface area is 133 Å². The van der Waals surface area contributed by atoms with Crippen molar-refractivity contribution >= 4 is 34.8 Å². The lowest BCUT2D eigenvalue weighted by Gasteiger charge is -2.09. The maximum atomic E-state index is 11.8. The van der Waals surface area contributed by atoms with E-state index in [2.05, 4.69) is 15.7 Å². The molecular formula is C14H16Cl2N4O. The summed E-state index contributed by atoms with van der Waals surface area (Å²) in [5.74, 6) is -0.189. The van der Waals surface area contributed by atoms with Gasteiger partial charge in [0.15, 0.2) is 0 Å². The number of para-hydroxylation sites is 1. The van der Waals surface area contributed by atoms with Crippen molar-refractivity contribution in [1.29, 1.82) is 0 Å². The number of rotatable bonds is 6. The fourth-order valence-corrected chi connectivity index (χ4v) is 2.31. The van der Waals surface area contributed by atoms with Crippen molar-refractivity contribution in [2.45, 2.75) is 6.42 Å². The SMILES string of the molecule is Cn1ccc(CCNCC(=O)Nc2c(Cl)cccc2Cl)n1. The second-order valence-corrected chi connectivity index (χ2v) is 5.37. The van der Waals surface area contributed by atoms with Gasteiger partial charge in [0.05, 0.1) is 28.0 Å². The van der Waals surface area contributed by atoms with Crippen LogP contribution in [0.5, 0.6) is 0 Å². The van der Waals surface area contributed by atoms with Crippen molar-refractivity contribution in [3.8, 4) is 0 Å². The monoisotopic (exact) mass is 326 g/mol. The first-order valence-electron chi connectivity index (χ1n) is 6.49. The molecule has 0 saturated carbocycles. The molecule has 0 atom stereocenters. The molecule has 1 heterocycles. The van der Waals surface area contributed by atoms with E-state index in [0.29, 0.717) is 22.3 Å². The summed E-state index contributed by atoms with van der Waals surface area (Å²) in [4.78, 5) is 11.8. The van der Waals surface area contributed by atoms with Gasteiger partial charge in [-0.05, 0) is 18.2 Å². The molecule has 2 rings (SSSR count). The third kappa shape index (κ3) is 4.74. The van der Waals surface area contributed by atoms with E-state index in [1.165, 1.54) is 0 Å². The number of benzene rings is 1. The fraction of sp³-hybridized carbons (Fsp3) is 0.286. The topological polar surface area (TPSA) is 59.0 Å². The van der Waals surface area contributed by atoms with E-state index >= 15 is 0 Å². The van der Waals surface area contributed by atoms with Crippen molar-refractivity contribution in [2.24, 2.45) is 7.05 Å². The van der Waals surface area contributed by atoms with E-state index in [9.17, 15) is 4.79 Å². The molecular weight excluding hydrogens is 311 g/mol. The van der Waals surface area contributed by atoms with Gasteiger partial charge in [-0.2, -0.15) is 5.10 Å². The highest BCUT2D eigenvalue weighted by molar-refractivity contribution is 6.39. The molecule has 21 heavy (non-hydrogen) atoms. The van der Waals surface area contributed by atoms with Gasteiger partial charge in [-0.3, -0.25) is 9.48 Å². The van der Waals surface area contributed by atoms with Gasteiger partial charge in [0, 0.05) is 26.2 Å². The normalized spacial score (nSPS) is 10.6. The van der Waals surface area contributed by atoms with Crippen molar-refractivity contribution in [1.82, 2.24) is 15.1 Å². The summed E-state index contributed by atoms with van der Waals surface area (Å²) in [7, 11) is 1.87. The lowest BCUT2D eigenvalue weighted by molar-refractivity contribution is -0.115. The smallest absolute Gasteiger partial charge is 0.238 e. The molecule has 2 N–H and O–H groups in total.